The molecule has 0 saturated heterocycles. The summed E-state index contributed by atoms with van der Waals surface area (Å²) >= 11 is 0. The zero-order chi connectivity index (χ0) is 48.8. The Labute approximate surface area is 398 Å². The van der Waals surface area contributed by atoms with E-state index in [1.165, 1.54) is 91.3 Å². The number of nitrogens with one attached hydrogen (secondary N) is 3. The van der Waals surface area contributed by atoms with E-state index >= 15 is 0 Å². The largest absolute Gasteiger partial charge is 0.467 e. The Morgan fingerprint density at radius 3 is 1.61 bits per heavy atom. The van der Waals surface area contributed by atoms with Gasteiger partial charge in [-0.15, -0.1) is 0 Å². The Morgan fingerprint density at radius 2 is 1.10 bits per heavy atom. The second-order valence-electron chi connectivity index (χ2n) is 17.6. The smallest absolute Gasteiger partial charge is 0.328 e. The Morgan fingerprint density at radius 1 is 0.612 bits per heavy atom. The van der Waals surface area contributed by atoms with Gasteiger partial charge in [-0.25, -0.2) is 19.6 Å². The number of carbonyl (C=O) groups is 5. The van der Waals surface area contributed by atoms with Crippen LogP contribution in [0.15, 0.2) is 30.5 Å². The number of carbonyl (C=O) groups excluding carboxylic acids is 5. The van der Waals surface area contributed by atoms with Crippen molar-refractivity contribution < 1.29 is 33.4 Å². The Hall–Kier alpha value is -5.61. The van der Waals surface area contributed by atoms with Gasteiger partial charge in [-0.05, 0) is 43.5 Å². The molecule has 3 atom stereocenters. The van der Waals surface area contributed by atoms with Gasteiger partial charge in [0.15, 0.2) is 17.0 Å². The molecular formula is C50H80N10O7. The van der Waals surface area contributed by atoms with E-state index in [4.69, 9.17) is 20.9 Å². The molecule has 67 heavy (non-hydrogen) atoms. The molecule has 3 amide bonds. The van der Waals surface area contributed by atoms with E-state index in [9.17, 15) is 24.0 Å². The zero-order valence-corrected chi connectivity index (χ0v) is 41.0. The number of anilines is 3. The summed E-state index contributed by atoms with van der Waals surface area (Å²) in [4.78, 5) is 85.6. The molecule has 0 saturated carbocycles. The molecule has 0 bridgehead atoms. The fourth-order valence-corrected chi connectivity index (χ4v) is 8.04. The maximum absolute atomic E-state index is 14.0. The molecule has 2 aromatic heterocycles. The zero-order valence-electron chi connectivity index (χ0n) is 41.0. The number of nitrogens with two attached hydrogens (primary N) is 2. The molecule has 17 nitrogen and oxygen atoms in total. The van der Waals surface area contributed by atoms with Crippen LogP contribution >= 0.6 is 0 Å². The van der Waals surface area contributed by atoms with E-state index in [2.05, 4.69) is 49.7 Å². The molecule has 0 radical (unpaired) electrons. The first-order valence-corrected chi connectivity index (χ1v) is 24.8. The van der Waals surface area contributed by atoms with Gasteiger partial charge in [0.2, 0.25) is 17.8 Å². The number of fused-ring (bicyclic) bond motifs is 1. The summed E-state index contributed by atoms with van der Waals surface area (Å²) in [5.41, 5.74) is 14.0. The van der Waals surface area contributed by atoms with E-state index in [1.807, 2.05) is 11.9 Å². The van der Waals surface area contributed by atoms with Gasteiger partial charge in [-0.2, -0.15) is 9.97 Å². The highest BCUT2D eigenvalue weighted by molar-refractivity contribution is 5.98. The average molecular weight is 933 g/mol. The van der Waals surface area contributed by atoms with E-state index in [0.29, 0.717) is 42.7 Å². The van der Waals surface area contributed by atoms with Gasteiger partial charge in [0.05, 0.1) is 32.7 Å². The second-order valence-corrected chi connectivity index (χ2v) is 17.6. The molecule has 3 rings (SSSR count). The minimum atomic E-state index is -1.20. The SMILES string of the molecule is CCCCCCCCCCCC[C@H](NC(=O)CC[C@H](NC(=O)c1ccc(N(C)Cc2cnc3nc(N)nc(N)c3n2)cc1)C(=O)N[C@@H](CCCCCCCCCCCC)C(=O)OC)C(=O)OC. The lowest BCUT2D eigenvalue weighted by molar-refractivity contribution is -0.145. The van der Waals surface area contributed by atoms with Gasteiger partial charge < -0.3 is 41.8 Å². The van der Waals surface area contributed by atoms with Crippen molar-refractivity contribution in [3.63, 3.8) is 0 Å². The monoisotopic (exact) mass is 933 g/mol. The van der Waals surface area contributed by atoms with Gasteiger partial charge >= 0.3 is 11.9 Å². The quantitative estimate of drug-likeness (QED) is 0.0277. The highest BCUT2D eigenvalue weighted by atomic mass is 16.5. The van der Waals surface area contributed by atoms with Crippen molar-refractivity contribution in [3.8, 4) is 0 Å². The minimum absolute atomic E-state index is 0.00881. The minimum Gasteiger partial charge on any atom is -0.467 e. The Kier molecular flexibility index (Phi) is 26.7. The van der Waals surface area contributed by atoms with Crippen molar-refractivity contribution in [2.45, 2.75) is 193 Å². The molecule has 372 valence electrons. The number of aromatic nitrogens is 4. The number of unbranched alkanes of at least 4 members (excludes halogenated alkanes) is 18. The van der Waals surface area contributed by atoms with Gasteiger partial charge in [0.25, 0.3) is 5.91 Å². The summed E-state index contributed by atoms with van der Waals surface area (Å²) in [5.74, 6) is -2.63. The van der Waals surface area contributed by atoms with Gasteiger partial charge in [-0.3, -0.25) is 14.4 Å². The normalized spacial score (nSPS) is 12.5. The van der Waals surface area contributed by atoms with Crippen LogP contribution in [0.2, 0.25) is 0 Å². The van der Waals surface area contributed by atoms with Crippen LogP contribution in [0.25, 0.3) is 11.2 Å². The van der Waals surface area contributed by atoms with Crippen molar-refractivity contribution in [2.75, 3.05) is 37.6 Å². The number of rotatable bonds is 35. The predicted molar refractivity (Wildman–Crippen MR) is 264 cm³/mol. The molecule has 2 heterocycles. The number of methoxy groups -OCH3 is 2. The van der Waals surface area contributed by atoms with Crippen LogP contribution in [0.5, 0.6) is 0 Å². The molecule has 1 aromatic carbocycles. The summed E-state index contributed by atoms with van der Waals surface area (Å²) in [5, 5.41) is 8.39. The third-order valence-corrected chi connectivity index (χ3v) is 12.1. The number of hydrogen-bond donors (Lipinski definition) is 5. The maximum atomic E-state index is 14.0. The number of amides is 3. The molecule has 0 fully saturated rings. The van der Waals surface area contributed by atoms with Crippen molar-refractivity contribution >= 4 is 58.3 Å². The number of esters is 2. The van der Waals surface area contributed by atoms with Crippen LogP contribution in [-0.2, 0) is 35.2 Å². The lowest BCUT2D eigenvalue weighted by atomic mass is 10.0. The number of nitrogens with zero attached hydrogens (tertiary/aromatic N) is 5. The molecule has 17 heteroatoms. The fourth-order valence-electron chi connectivity index (χ4n) is 8.04. The van der Waals surface area contributed by atoms with Crippen LogP contribution < -0.4 is 32.3 Å². The number of ether oxygens (including phenoxy) is 2. The third-order valence-electron chi connectivity index (χ3n) is 12.1. The first-order valence-electron chi connectivity index (χ1n) is 24.8. The van der Waals surface area contributed by atoms with Gasteiger partial charge in [0, 0.05) is 24.7 Å². The first kappa shape index (κ1) is 55.7. The lowest BCUT2D eigenvalue weighted by Gasteiger charge is -2.23. The summed E-state index contributed by atoms with van der Waals surface area (Å²) < 4.78 is 10.1. The Balaban J connectivity index is 1.66. The molecule has 7 N–H and O–H groups in total. The molecule has 0 aliphatic rings. The van der Waals surface area contributed by atoms with Crippen molar-refractivity contribution in [1.29, 1.82) is 0 Å². The van der Waals surface area contributed by atoms with Crippen LogP contribution in [-0.4, -0.2) is 89.0 Å². The van der Waals surface area contributed by atoms with Crippen molar-refractivity contribution in [1.82, 2.24) is 35.9 Å². The van der Waals surface area contributed by atoms with E-state index in [-0.39, 0.29) is 30.2 Å². The van der Waals surface area contributed by atoms with Crippen molar-refractivity contribution in [2.24, 2.45) is 0 Å². The first-order chi connectivity index (χ1) is 32.4. The summed E-state index contributed by atoms with van der Waals surface area (Å²) in [6.07, 6.45) is 24.6. The third kappa shape index (κ3) is 21.3. The molecule has 0 aliphatic heterocycles. The fraction of sp³-hybridized carbons (Fsp3) is 0.660. The van der Waals surface area contributed by atoms with E-state index < -0.39 is 47.8 Å². The number of hydrogen-bond acceptors (Lipinski definition) is 14. The summed E-state index contributed by atoms with van der Waals surface area (Å²) in [6.45, 7) is 4.77. The lowest BCUT2D eigenvalue weighted by Crippen LogP contribution is -2.52. The van der Waals surface area contributed by atoms with Gasteiger partial charge in [-0.1, -0.05) is 142 Å². The molecule has 0 aliphatic carbocycles. The van der Waals surface area contributed by atoms with E-state index in [0.717, 1.165) is 50.6 Å². The van der Waals surface area contributed by atoms with Crippen LogP contribution in [0.3, 0.4) is 0 Å². The standard InChI is InChI=1S/C50H80N10O7/c1-6-8-10-12-14-16-18-20-22-24-26-40(48(64)66-4)55-42(61)33-32-39(47(63)57-41(49(65)67-5)27-25-23-21-19-17-15-13-11-9-7-2)56-46(62)36-28-30-38(31-29-36)60(3)35-37-34-53-45-43(54-37)44(51)58-50(52)59-45/h28-31,34,39-41H,6-27,32-33,35H2,1-5H3,(H,55,61)(H,56,62)(H,57,63)(H4,51,52,53,58,59)/t39-,40-,41-/m0/s1. The molecule has 3 aromatic rings. The second kappa shape index (κ2) is 32.2. The van der Waals surface area contributed by atoms with Crippen LogP contribution in [0.1, 0.15) is 184 Å². The highest BCUT2D eigenvalue weighted by Crippen LogP contribution is 2.20. The van der Waals surface area contributed by atoms with Crippen LogP contribution in [0.4, 0.5) is 17.5 Å². The maximum Gasteiger partial charge on any atom is 0.328 e. The van der Waals surface area contributed by atoms with E-state index in [1.54, 1.807) is 30.5 Å². The van der Waals surface area contributed by atoms with Crippen LogP contribution in [0, 0.1) is 0 Å². The molecule has 0 unspecified atom stereocenters. The number of benzene rings is 1. The Bertz CT molecular complexity index is 1950. The predicted octanol–water partition coefficient (Wildman–Crippen LogP) is 8.04. The van der Waals surface area contributed by atoms with Crippen molar-refractivity contribution in [3.05, 3.63) is 41.7 Å². The highest BCUT2D eigenvalue weighted by Gasteiger charge is 2.29. The molecular weight excluding hydrogens is 853 g/mol. The topological polar surface area (TPSA) is 247 Å². The van der Waals surface area contributed by atoms with Gasteiger partial charge in [0.1, 0.15) is 18.1 Å². The average Bonchev–Trinajstić information content (AvgIpc) is 3.32. The molecule has 0 spiro atoms. The number of nitrogen functional groups attached to an aromatic ring is 2. The summed E-state index contributed by atoms with van der Waals surface area (Å²) in [6, 6.07) is 3.79. The summed E-state index contributed by atoms with van der Waals surface area (Å²) in [7, 11) is 4.41.